The van der Waals surface area contributed by atoms with Gasteiger partial charge in [0.05, 0.1) is 19.3 Å². The molecule has 2 atom stereocenters. The van der Waals surface area contributed by atoms with Crippen LogP contribution in [0, 0.1) is 0 Å². The van der Waals surface area contributed by atoms with Gasteiger partial charge in [-0.2, -0.15) is 23.5 Å². The first-order valence-electron chi connectivity index (χ1n) is 6.60. The fourth-order valence-corrected chi connectivity index (χ4v) is 15.5. The van der Waals surface area contributed by atoms with E-state index in [1.165, 1.54) is 38.3 Å². The van der Waals surface area contributed by atoms with Crippen LogP contribution >= 0.6 is 114 Å². The Balaban J connectivity index is 1.21. The van der Waals surface area contributed by atoms with E-state index in [0.717, 1.165) is 19.7 Å². The maximum atomic E-state index is 2.18. The molecule has 3 aliphatic rings. The predicted octanol–water partition coefficient (Wildman–Crippen LogP) is 6.45. The van der Waals surface area contributed by atoms with Crippen molar-refractivity contribution in [1.82, 2.24) is 0 Å². The summed E-state index contributed by atoms with van der Waals surface area (Å²) in [5, 5.41) is 5.79. The van der Waals surface area contributed by atoms with Crippen LogP contribution in [0.1, 0.15) is 0 Å². The van der Waals surface area contributed by atoms with Crippen LogP contribution in [0.3, 0.4) is 0 Å². The van der Waals surface area contributed by atoms with E-state index >= 15 is 0 Å². The van der Waals surface area contributed by atoms with Crippen LogP contribution in [0.25, 0.3) is 0 Å². The highest BCUT2D eigenvalue weighted by atomic mass is 33.1. The van der Waals surface area contributed by atoms with E-state index in [1.807, 2.05) is 0 Å². The highest BCUT2D eigenvalue weighted by molar-refractivity contribution is 8.79. The van der Waals surface area contributed by atoms with E-state index in [4.69, 9.17) is 0 Å². The molecule has 0 saturated carbocycles. The molecule has 0 aliphatic carbocycles. The van der Waals surface area contributed by atoms with Gasteiger partial charge in [-0.1, -0.05) is 43.2 Å². The van der Waals surface area contributed by atoms with E-state index in [2.05, 4.69) is 114 Å². The van der Waals surface area contributed by atoms with Gasteiger partial charge in [0.2, 0.25) is 0 Å². The number of hydrogen-bond donors (Lipinski definition) is 0. The smallest absolute Gasteiger partial charge is 0.0730 e. The highest BCUT2D eigenvalue weighted by Gasteiger charge is 2.30. The zero-order chi connectivity index (χ0) is 14.3. The van der Waals surface area contributed by atoms with E-state index in [1.54, 1.807) is 0 Å². The quantitative estimate of drug-likeness (QED) is 0.127. The summed E-state index contributed by atoms with van der Waals surface area (Å²) in [6, 6.07) is 0. The maximum absolute atomic E-state index is 2.18. The van der Waals surface area contributed by atoms with Gasteiger partial charge in [0.1, 0.15) is 0 Å². The molecule has 0 nitrogen and oxygen atoms in total. The second-order valence-electron chi connectivity index (χ2n) is 4.47. The molecule has 3 aliphatic heterocycles. The largest absolute Gasteiger partial charge is 0.156 e. The van der Waals surface area contributed by atoms with Crippen LogP contribution in [-0.2, 0) is 0 Å². The topological polar surface area (TPSA) is 0 Å². The molecule has 0 spiro atoms. The molecule has 3 fully saturated rings. The molecular weight excluding hydrogens is 453 g/mol. The molecule has 0 aromatic carbocycles. The van der Waals surface area contributed by atoms with Crippen LogP contribution in [0.15, 0.2) is 0 Å². The van der Waals surface area contributed by atoms with Crippen LogP contribution < -0.4 is 0 Å². The predicted molar refractivity (Wildman–Crippen MR) is 125 cm³/mol. The average Bonchev–Trinajstić information content (AvgIpc) is 3.30. The van der Waals surface area contributed by atoms with Crippen LogP contribution in [0.2, 0.25) is 0 Å². The van der Waals surface area contributed by atoms with E-state index < -0.39 is 0 Å². The van der Waals surface area contributed by atoms with Crippen molar-refractivity contribution in [3.8, 4) is 0 Å². The van der Waals surface area contributed by atoms with Gasteiger partial charge in [0.25, 0.3) is 0 Å². The molecule has 21 heavy (non-hydrogen) atoms. The van der Waals surface area contributed by atoms with E-state index in [9.17, 15) is 0 Å². The van der Waals surface area contributed by atoms with Gasteiger partial charge in [-0.25, -0.2) is 0 Å². The first-order chi connectivity index (χ1) is 10.4. The Bertz CT molecular complexity index is 269. The molecule has 0 radical (unpaired) electrons. The first-order valence-corrected chi connectivity index (χ1v) is 17.9. The van der Waals surface area contributed by atoms with Gasteiger partial charge in [-0.3, -0.25) is 0 Å². The van der Waals surface area contributed by atoms with E-state index in [-0.39, 0.29) is 0 Å². The Labute approximate surface area is 169 Å². The van der Waals surface area contributed by atoms with Gasteiger partial charge < -0.3 is 0 Å². The highest BCUT2D eigenvalue weighted by Crippen LogP contribution is 2.50. The van der Waals surface area contributed by atoms with Crippen molar-refractivity contribution in [2.45, 2.75) is 19.7 Å². The Hall–Kier alpha value is 3.50. The van der Waals surface area contributed by atoms with Crippen LogP contribution in [0.5, 0.6) is 0 Å². The van der Waals surface area contributed by atoms with Crippen LogP contribution in [-0.4, -0.2) is 57.9 Å². The minimum atomic E-state index is 0.792. The molecule has 3 heterocycles. The van der Waals surface area contributed by atoms with Crippen molar-refractivity contribution in [1.29, 1.82) is 0 Å². The second-order valence-corrected chi connectivity index (χ2v) is 18.4. The zero-order valence-electron chi connectivity index (χ0n) is 11.3. The van der Waals surface area contributed by atoms with Crippen molar-refractivity contribution in [2.75, 3.05) is 38.3 Å². The normalized spacial score (nSPS) is 29.1. The molecule has 0 aromatic rings. The standard InChI is InChI=1S/C11H18S10/c1-8(12-1)3-18-20-6-16-11(10-14-5-15-10)17-7-21-19-4-9-2-13-9/h8-11H,1-7H2. The summed E-state index contributed by atoms with van der Waals surface area (Å²) in [6.45, 7) is 0. The summed E-state index contributed by atoms with van der Waals surface area (Å²) in [6.07, 6.45) is 0. The SMILES string of the molecule is C(SSCC1CS1)SC(SCSSCC1CS1)C1SCS1. The van der Waals surface area contributed by atoms with Gasteiger partial charge in [-0.15, -0.1) is 47.0 Å². The Morgan fingerprint density at radius 3 is 1.67 bits per heavy atom. The van der Waals surface area contributed by atoms with Crippen molar-refractivity contribution in [3.63, 3.8) is 0 Å². The number of hydrogen-bond acceptors (Lipinski definition) is 10. The van der Waals surface area contributed by atoms with Gasteiger partial charge in [0, 0.05) is 38.6 Å². The Kier molecular flexibility index (Phi) is 10.3. The molecule has 3 saturated heterocycles. The Morgan fingerprint density at radius 2 is 1.29 bits per heavy atom. The van der Waals surface area contributed by atoms with Crippen molar-refractivity contribution < 1.29 is 0 Å². The molecule has 0 aromatic heterocycles. The summed E-state index contributed by atoms with van der Waals surface area (Å²) < 4.78 is 1.63. The molecule has 122 valence electrons. The molecule has 2 unspecified atom stereocenters. The van der Waals surface area contributed by atoms with Crippen LogP contribution in [0.4, 0.5) is 0 Å². The van der Waals surface area contributed by atoms with Gasteiger partial charge >= 0.3 is 0 Å². The molecule has 10 heteroatoms. The first kappa shape index (κ1) is 19.3. The summed E-state index contributed by atoms with van der Waals surface area (Å²) in [7, 11) is 8.33. The molecular formula is C11H18S10. The Morgan fingerprint density at radius 1 is 0.762 bits per heavy atom. The molecule has 3 rings (SSSR count). The summed E-state index contributed by atoms with van der Waals surface area (Å²) in [5.74, 6) is 5.52. The monoisotopic (exact) mass is 470 g/mol. The fourth-order valence-electron chi connectivity index (χ4n) is 1.34. The third-order valence-electron chi connectivity index (χ3n) is 2.73. The molecule has 0 bridgehead atoms. The molecule has 0 N–H and O–H groups in total. The van der Waals surface area contributed by atoms with Crippen molar-refractivity contribution >= 4 is 114 Å². The number of thioether (sulfide) groups is 6. The lowest BCUT2D eigenvalue weighted by Crippen LogP contribution is -2.20. The second kappa shape index (κ2) is 11.3. The minimum absolute atomic E-state index is 0.792. The average molecular weight is 471 g/mol. The lowest BCUT2D eigenvalue weighted by Gasteiger charge is -2.31. The maximum Gasteiger partial charge on any atom is 0.0730 e. The third-order valence-corrected chi connectivity index (χ3v) is 17.7. The summed E-state index contributed by atoms with van der Waals surface area (Å²) in [4.78, 5) is 0. The zero-order valence-corrected chi connectivity index (χ0v) is 19.5. The summed E-state index contributed by atoms with van der Waals surface area (Å²) in [5.41, 5.74) is 0. The molecule has 0 amide bonds. The van der Waals surface area contributed by atoms with Crippen molar-refractivity contribution in [2.24, 2.45) is 0 Å². The lowest BCUT2D eigenvalue weighted by molar-refractivity contribution is 1.28. The number of rotatable bonds is 13. The lowest BCUT2D eigenvalue weighted by atomic mass is 10.6. The minimum Gasteiger partial charge on any atom is -0.156 e. The van der Waals surface area contributed by atoms with E-state index in [0.29, 0.717) is 0 Å². The van der Waals surface area contributed by atoms with Gasteiger partial charge in [-0.05, 0) is 0 Å². The fraction of sp³-hybridized carbons (Fsp3) is 1.00. The van der Waals surface area contributed by atoms with Gasteiger partial charge in [0.15, 0.2) is 0 Å². The third kappa shape index (κ3) is 8.62. The summed E-state index contributed by atoms with van der Waals surface area (Å²) >= 11 is 12.9. The van der Waals surface area contributed by atoms with Crippen molar-refractivity contribution in [3.05, 3.63) is 0 Å².